The maximum Gasteiger partial charge on any atom is 0.268 e. The molecule has 148 valence electrons. The van der Waals surface area contributed by atoms with Gasteiger partial charge in [-0.3, -0.25) is 0 Å². The molecule has 0 unspecified atom stereocenters. The largest absolute Gasteiger partial charge is 0.454 e. The van der Waals surface area contributed by atoms with Crippen LogP contribution >= 0.6 is 0 Å². The summed E-state index contributed by atoms with van der Waals surface area (Å²) in [5.74, 6) is 1.39. The van der Waals surface area contributed by atoms with Gasteiger partial charge in [0.15, 0.2) is 11.5 Å². The van der Waals surface area contributed by atoms with E-state index in [2.05, 4.69) is 0 Å². The summed E-state index contributed by atoms with van der Waals surface area (Å²) in [5.41, 5.74) is 2.33. The first-order valence-corrected chi connectivity index (χ1v) is 11.1. The molecule has 1 aliphatic rings. The normalized spacial score (nSPS) is 13.5. The number of para-hydroxylation sites is 1. The lowest BCUT2D eigenvalue weighted by atomic mass is 9.99. The van der Waals surface area contributed by atoms with Gasteiger partial charge in [-0.05, 0) is 59.7 Å². The van der Waals surface area contributed by atoms with Crippen molar-refractivity contribution in [3.8, 4) is 11.5 Å². The Bertz CT molecular complexity index is 1580. The van der Waals surface area contributed by atoms with Gasteiger partial charge < -0.3 is 9.47 Å². The molecule has 1 aromatic heterocycles. The van der Waals surface area contributed by atoms with Crippen LogP contribution in [0.4, 0.5) is 0 Å². The summed E-state index contributed by atoms with van der Waals surface area (Å²) in [6, 6.07) is 22.0. The van der Waals surface area contributed by atoms with Gasteiger partial charge in [-0.1, -0.05) is 36.4 Å². The van der Waals surface area contributed by atoms with Gasteiger partial charge in [0.05, 0.1) is 15.9 Å². The molecule has 0 saturated heterocycles. The number of rotatable bonds is 2. The van der Waals surface area contributed by atoms with E-state index in [0.29, 0.717) is 22.5 Å². The van der Waals surface area contributed by atoms with Crippen LogP contribution < -0.4 is 9.47 Å². The molecular formula is C24H17NO4S. The standard InChI is InChI=1S/C24H17NO4S/c1-15-19-13-23-22(28-14-29-23)12-16(19)11-21-24(15)18-9-5-6-10-20(18)25(21)30(26,27)17-7-3-2-4-8-17/h2-13H,14H2,1H3. The van der Waals surface area contributed by atoms with E-state index in [1.54, 1.807) is 24.3 Å². The molecular weight excluding hydrogens is 398 g/mol. The van der Waals surface area contributed by atoms with Gasteiger partial charge in [0.1, 0.15) is 0 Å². The second-order valence-electron chi connectivity index (χ2n) is 7.42. The van der Waals surface area contributed by atoms with E-state index in [1.165, 1.54) is 3.97 Å². The first-order chi connectivity index (χ1) is 14.6. The van der Waals surface area contributed by atoms with E-state index in [1.807, 2.05) is 55.5 Å². The maximum atomic E-state index is 13.7. The number of hydrogen-bond donors (Lipinski definition) is 0. The van der Waals surface area contributed by atoms with Crippen molar-refractivity contribution in [3.63, 3.8) is 0 Å². The lowest BCUT2D eigenvalue weighted by molar-refractivity contribution is 0.174. The number of aryl methyl sites for hydroxylation is 1. The van der Waals surface area contributed by atoms with Crippen LogP contribution in [0.5, 0.6) is 11.5 Å². The van der Waals surface area contributed by atoms with Crippen LogP contribution in [0.2, 0.25) is 0 Å². The van der Waals surface area contributed by atoms with E-state index in [-0.39, 0.29) is 11.7 Å². The highest BCUT2D eigenvalue weighted by atomic mass is 32.2. The van der Waals surface area contributed by atoms with E-state index in [9.17, 15) is 8.42 Å². The second-order valence-corrected chi connectivity index (χ2v) is 9.21. The molecule has 0 spiro atoms. The third kappa shape index (κ3) is 2.25. The Morgan fingerprint density at radius 1 is 0.800 bits per heavy atom. The van der Waals surface area contributed by atoms with Crippen molar-refractivity contribution in [2.75, 3.05) is 6.79 Å². The smallest absolute Gasteiger partial charge is 0.268 e. The third-order valence-electron chi connectivity index (χ3n) is 5.76. The van der Waals surface area contributed by atoms with Crippen molar-refractivity contribution >= 4 is 42.6 Å². The van der Waals surface area contributed by atoms with Crippen LogP contribution in [0.3, 0.4) is 0 Å². The van der Waals surface area contributed by atoms with Gasteiger partial charge in [-0.25, -0.2) is 12.4 Å². The monoisotopic (exact) mass is 415 g/mol. The van der Waals surface area contributed by atoms with Crippen molar-refractivity contribution in [1.82, 2.24) is 3.97 Å². The first-order valence-electron chi connectivity index (χ1n) is 9.62. The average molecular weight is 415 g/mol. The van der Waals surface area contributed by atoms with Gasteiger partial charge in [-0.2, -0.15) is 0 Å². The van der Waals surface area contributed by atoms with Crippen LogP contribution in [-0.4, -0.2) is 19.2 Å². The quantitative estimate of drug-likeness (QED) is 0.397. The molecule has 0 radical (unpaired) electrons. The Morgan fingerprint density at radius 2 is 1.50 bits per heavy atom. The zero-order valence-corrected chi connectivity index (χ0v) is 16.9. The zero-order valence-electron chi connectivity index (χ0n) is 16.1. The lowest BCUT2D eigenvalue weighted by Gasteiger charge is -2.11. The number of ether oxygens (including phenoxy) is 2. The van der Waals surface area contributed by atoms with Gasteiger partial charge in [0, 0.05) is 10.8 Å². The molecule has 0 amide bonds. The zero-order chi connectivity index (χ0) is 20.5. The SMILES string of the molecule is Cc1c2cc3c(cc2cc2c1c1ccccc1n2S(=O)(=O)c1ccccc1)OCO3. The van der Waals surface area contributed by atoms with Crippen molar-refractivity contribution in [1.29, 1.82) is 0 Å². The topological polar surface area (TPSA) is 57.5 Å². The molecule has 0 bridgehead atoms. The highest BCUT2D eigenvalue weighted by Gasteiger charge is 2.25. The van der Waals surface area contributed by atoms with Gasteiger partial charge in [0.2, 0.25) is 6.79 Å². The molecule has 5 aromatic rings. The van der Waals surface area contributed by atoms with E-state index in [0.717, 1.165) is 27.1 Å². The highest BCUT2D eigenvalue weighted by molar-refractivity contribution is 7.90. The molecule has 0 atom stereocenters. The minimum atomic E-state index is -3.79. The molecule has 6 rings (SSSR count). The molecule has 0 saturated carbocycles. The summed E-state index contributed by atoms with van der Waals surface area (Å²) in [7, 11) is -3.79. The average Bonchev–Trinajstić information content (AvgIpc) is 3.35. The first kappa shape index (κ1) is 17.4. The predicted molar refractivity (Wildman–Crippen MR) is 117 cm³/mol. The van der Waals surface area contributed by atoms with Crippen molar-refractivity contribution in [3.05, 3.63) is 78.4 Å². The van der Waals surface area contributed by atoms with Crippen LogP contribution in [0, 0.1) is 6.92 Å². The molecule has 0 N–H and O–H groups in total. The summed E-state index contributed by atoms with van der Waals surface area (Å²) in [6.45, 7) is 2.22. The predicted octanol–water partition coefficient (Wildman–Crippen LogP) is 5.22. The Morgan fingerprint density at radius 3 is 2.30 bits per heavy atom. The van der Waals surface area contributed by atoms with Crippen molar-refractivity contribution < 1.29 is 17.9 Å². The minimum Gasteiger partial charge on any atom is -0.454 e. The fourth-order valence-corrected chi connectivity index (χ4v) is 5.93. The van der Waals surface area contributed by atoms with Crippen LogP contribution in [0.1, 0.15) is 5.56 Å². The van der Waals surface area contributed by atoms with Gasteiger partial charge >= 0.3 is 0 Å². The highest BCUT2D eigenvalue weighted by Crippen LogP contribution is 2.42. The molecule has 30 heavy (non-hydrogen) atoms. The summed E-state index contributed by atoms with van der Waals surface area (Å²) in [4.78, 5) is 0.260. The maximum absolute atomic E-state index is 13.7. The van der Waals surface area contributed by atoms with Gasteiger partial charge in [-0.15, -0.1) is 0 Å². The lowest BCUT2D eigenvalue weighted by Crippen LogP contribution is -2.12. The Balaban J connectivity index is 1.81. The number of nitrogens with zero attached hydrogens (tertiary/aromatic N) is 1. The summed E-state index contributed by atoms with van der Waals surface area (Å²) < 4.78 is 39.9. The number of aromatic nitrogens is 1. The number of fused-ring (bicyclic) bond motifs is 5. The minimum absolute atomic E-state index is 0.196. The van der Waals surface area contributed by atoms with Crippen LogP contribution in [0.25, 0.3) is 32.6 Å². The number of benzene rings is 4. The molecule has 5 nitrogen and oxygen atoms in total. The summed E-state index contributed by atoms with van der Waals surface area (Å²) in [6.07, 6.45) is 0. The van der Waals surface area contributed by atoms with Crippen LogP contribution in [-0.2, 0) is 10.0 Å². The number of hydrogen-bond acceptors (Lipinski definition) is 4. The molecule has 2 heterocycles. The van der Waals surface area contributed by atoms with E-state index in [4.69, 9.17) is 9.47 Å². The van der Waals surface area contributed by atoms with Crippen LogP contribution in [0.15, 0.2) is 77.7 Å². The van der Waals surface area contributed by atoms with Crippen molar-refractivity contribution in [2.24, 2.45) is 0 Å². The third-order valence-corrected chi connectivity index (χ3v) is 7.51. The Kier molecular flexibility index (Phi) is 3.47. The fourth-order valence-electron chi connectivity index (χ4n) is 4.40. The Labute approximate surface area is 173 Å². The second kappa shape index (κ2) is 6.00. The molecule has 6 heteroatoms. The van der Waals surface area contributed by atoms with Gasteiger partial charge in [0.25, 0.3) is 10.0 Å². The molecule has 0 fully saturated rings. The summed E-state index contributed by atoms with van der Waals surface area (Å²) in [5, 5.41) is 3.77. The Hall–Kier alpha value is -3.51. The summed E-state index contributed by atoms with van der Waals surface area (Å²) >= 11 is 0. The molecule has 1 aliphatic heterocycles. The molecule has 4 aromatic carbocycles. The van der Waals surface area contributed by atoms with E-state index < -0.39 is 10.0 Å². The van der Waals surface area contributed by atoms with E-state index >= 15 is 0 Å². The van der Waals surface area contributed by atoms with Crippen molar-refractivity contribution in [2.45, 2.75) is 11.8 Å². The fraction of sp³-hybridized carbons (Fsp3) is 0.0833. The molecule has 0 aliphatic carbocycles.